The molecule has 3 aromatic rings. The first-order chi connectivity index (χ1) is 14.0. The van der Waals surface area contributed by atoms with Crippen LogP contribution in [0.3, 0.4) is 0 Å². The molecule has 0 radical (unpaired) electrons. The lowest BCUT2D eigenvalue weighted by atomic mass is 10.1. The maximum Gasteiger partial charge on any atom is 0.338 e. The van der Waals surface area contributed by atoms with Gasteiger partial charge < -0.3 is 14.8 Å². The van der Waals surface area contributed by atoms with Gasteiger partial charge in [-0.3, -0.25) is 9.59 Å². The number of hydrogen-bond acceptors (Lipinski definition) is 5. The van der Waals surface area contributed by atoms with Crippen molar-refractivity contribution in [3.8, 4) is 11.5 Å². The molecule has 0 saturated carbocycles. The van der Waals surface area contributed by atoms with Gasteiger partial charge in [-0.05, 0) is 49.4 Å². The van der Waals surface area contributed by atoms with Crippen molar-refractivity contribution in [3.05, 3.63) is 90.0 Å². The fraction of sp³-hybridized carbons (Fsp3) is 0.0870. The van der Waals surface area contributed by atoms with Crippen LogP contribution in [0, 0.1) is 0 Å². The van der Waals surface area contributed by atoms with E-state index >= 15 is 0 Å². The summed E-state index contributed by atoms with van der Waals surface area (Å²) < 4.78 is 10.8. The number of Topliss-reactive ketones (excluding diaryl/α,β-unsaturated/α-hetero) is 1. The largest absolute Gasteiger partial charge is 0.457 e. The lowest BCUT2D eigenvalue weighted by Gasteiger charge is -2.09. The van der Waals surface area contributed by atoms with Gasteiger partial charge in [0.15, 0.2) is 12.4 Å². The average molecular weight is 389 g/mol. The zero-order chi connectivity index (χ0) is 20.6. The first-order valence-corrected chi connectivity index (χ1v) is 8.92. The lowest BCUT2D eigenvalue weighted by Crippen LogP contribution is -2.21. The Labute approximate surface area is 168 Å². The Morgan fingerprint density at radius 3 is 2.24 bits per heavy atom. The lowest BCUT2D eigenvalue weighted by molar-refractivity contribution is -0.119. The van der Waals surface area contributed by atoms with Gasteiger partial charge in [0.1, 0.15) is 11.5 Å². The smallest absolute Gasteiger partial charge is 0.338 e. The molecule has 0 saturated heterocycles. The van der Waals surface area contributed by atoms with Crippen LogP contribution in [0.5, 0.6) is 11.5 Å². The summed E-state index contributed by atoms with van der Waals surface area (Å²) in [6.45, 7) is 0.991. The number of nitrogens with one attached hydrogen (secondary N) is 1. The number of anilines is 1. The SMILES string of the molecule is CC(=O)c1cccc(NC(=O)COC(=O)c2cccc(Oc3ccccc3)c2)c1. The summed E-state index contributed by atoms with van der Waals surface area (Å²) in [5, 5.41) is 2.59. The van der Waals surface area contributed by atoms with Crippen molar-refractivity contribution >= 4 is 23.3 Å². The van der Waals surface area contributed by atoms with E-state index in [1.165, 1.54) is 6.92 Å². The average Bonchev–Trinajstić information content (AvgIpc) is 2.73. The number of carbonyl (C=O) groups is 3. The predicted molar refractivity (Wildman–Crippen MR) is 108 cm³/mol. The van der Waals surface area contributed by atoms with E-state index < -0.39 is 18.5 Å². The zero-order valence-electron chi connectivity index (χ0n) is 15.8. The summed E-state index contributed by atoms with van der Waals surface area (Å²) in [5.41, 5.74) is 1.21. The molecule has 1 N–H and O–H groups in total. The second-order valence-electron chi connectivity index (χ2n) is 6.20. The summed E-state index contributed by atoms with van der Waals surface area (Å²) in [5.74, 6) is -0.127. The molecule has 0 unspecified atom stereocenters. The summed E-state index contributed by atoms with van der Waals surface area (Å²) >= 11 is 0. The molecule has 29 heavy (non-hydrogen) atoms. The van der Waals surface area contributed by atoms with Gasteiger partial charge in [0.2, 0.25) is 0 Å². The Balaban J connectivity index is 1.56. The highest BCUT2D eigenvalue weighted by Crippen LogP contribution is 2.22. The molecule has 0 heterocycles. The van der Waals surface area contributed by atoms with Gasteiger partial charge in [0.05, 0.1) is 5.56 Å². The van der Waals surface area contributed by atoms with E-state index in [2.05, 4.69) is 5.32 Å². The molecule has 0 aliphatic carbocycles. The Morgan fingerprint density at radius 2 is 1.48 bits per heavy atom. The quantitative estimate of drug-likeness (QED) is 0.476. The van der Waals surface area contributed by atoms with E-state index in [4.69, 9.17) is 9.47 Å². The van der Waals surface area contributed by atoms with Crippen LogP contribution >= 0.6 is 0 Å². The number of amides is 1. The molecule has 1 amide bonds. The Morgan fingerprint density at radius 1 is 0.793 bits per heavy atom. The number of rotatable bonds is 7. The van der Waals surface area contributed by atoms with E-state index in [1.54, 1.807) is 60.7 Å². The summed E-state index contributed by atoms with van der Waals surface area (Å²) in [6.07, 6.45) is 0. The normalized spacial score (nSPS) is 10.1. The number of para-hydroxylation sites is 1. The molecule has 6 heteroatoms. The highest BCUT2D eigenvalue weighted by atomic mass is 16.5. The molecule has 146 valence electrons. The fourth-order valence-corrected chi connectivity index (χ4v) is 2.54. The van der Waals surface area contributed by atoms with Gasteiger partial charge in [0.25, 0.3) is 5.91 Å². The van der Waals surface area contributed by atoms with Crippen molar-refractivity contribution in [2.75, 3.05) is 11.9 Å². The number of esters is 1. The molecular formula is C23H19NO5. The van der Waals surface area contributed by atoms with Crippen molar-refractivity contribution < 1.29 is 23.9 Å². The number of ketones is 1. The second-order valence-corrected chi connectivity index (χ2v) is 6.20. The highest BCUT2D eigenvalue weighted by Gasteiger charge is 2.12. The van der Waals surface area contributed by atoms with E-state index in [-0.39, 0.29) is 11.3 Å². The number of carbonyl (C=O) groups excluding carboxylic acids is 3. The maximum absolute atomic E-state index is 12.2. The standard InChI is InChI=1S/C23H19NO5/c1-16(25)17-7-5-9-19(13-17)24-22(26)15-28-23(27)18-8-6-12-21(14-18)29-20-10-3-2-4-11-20/h2-14H,15H2,1H3,(H,24,26). The topological polar surface area (TPSA) is 81.7 Å². The van der Waals surface area contributed by atoms with Crippen LogP contribution in [0.25, 0.3) is 0 Å². The molecule has 6 nitrogen and oxygen atoms in total. The zero-order valence-corrected chi connectivity index (χ0v) is 15.8. The molecule has 0 aliphatic rings. The van der Waals surface area contributed by atoms with Crippen LogP contribution in [0.1, 0.15) is 27.6 Å². The maximum atomic E-state index is 12.2. The minimum absolute atomic E-state index is 0.106. The number of benzene rings is 3. The molecule has 0 bridgehead atoms. The summed E-state index contributed by atoms with van der Waals surface area (Å²) in [7, 11) is 0. The number of hydrogen-bond donors (Lipinski definition) is 1. The van der Waals surface area contributed by atoms with Crippen molar-refractivity contribution in [1.29, 1.82) is 0 Å². The number of ether oxygens (including phenoxy) is 2. The van der Waals surface area contributed by atoms with Crippen LogP contribution in [0.2, 0.25) is 0 Å². The van der Waals surface area contributed by atoms with Gasteiger partial charge in [-0.1, -0.05) is 36.4 Å². The van der Waals surface area contributed by atoms with Gasteiger partial charge in [-0.2, -0.15) is 0 Å². The minimum Gasteiger partial charge on any atom is -0.457 e. The van der Waals surface area contributed by atoms with E-state index in [9.17, 15) is 14.4 Å². The van der Waals surface area contributed by atoms with E-state index in [0.29, 0.717) is 22.7 Å². The molecule has 0 atom stereocenters. The van der Waals surface area contributed by atoms with Crippen LogP contribution in [0.4, 0.5) is 5.69 Å². The highest BCUT2D eigenvalue weighted by molar-refractivity contribution is 5.98. The molecule has 3 rings (SSSR count). The monoisotopic (exact) mass is 389 g/mol. The first-order valence-electron chi connectivity index (χ1n) is 8.92. The van der Waals surface area contributed by atoms with Crippen LogP contribution < -0.4 is 10.1 Å². The Hall–Kier alpha value is -3.93. The molecule has 0 fully saturated rings. The van der Waals surface area contributed by atoms with Crippen molar-refractivity contribution in [2.45, 2.75) is 6.92 Å². The third-order valence-corrected chi connectivity index (χ3v) is 3.94. The van der Waals surface area contributed by atoms with Gasteiger partial charge >= 0.3 is 5.97 Å². The van der Waals surface area contributed by atoms with Crippen molar-refractivity contribution in [1.82, 2.24) is 0 Å². The van der Waals surface area contributed by atoms with Crippen LogP contribution in [-0.4, -0.2) is 24.3 Å². The Kier molecular flexibility index (Phi) is 6.37. The molecule has 3 aromatic carbocycles. The minimum atomic E-state index is -0.642. The summed E-state index contributed by atoms with van der Waals surface area (Å²) in [6, 6.07) is 22.2. The van der Waals surface area contributed by atoms with Gasteiger partial charge in [-0.25, -0.2) is 4.79 Å². The third kappa shape index (κ3) is 5.77. The summed E-state index contributed by atoms with van der Waals surface area (Å²) in [4.78, 5) is 35.7. The van der Waals surface area contributed by atoms with Crippen molar-refractivity contribution in [2.24, 2.45) is 0 Å². The van der Waals surface area contributed by atoms with Gasteiger partial charge in [-0.15, -0.1) is 0 Å². The molecule has 0 spiro atoms. The van der Waals surface area contributed by atoms with E-state index in [1.807, 2.05) is 18.2 Å². The molecule has 0 aromatic heterocycles. The van der Waals surface area contributed by atoms with Gasteiger partial charge in [0, 0.05) is 11.3 Å². The van der Waals surface area contributed by atoms with Crippen LogP contribution in [-0.2, 0) is 9.53 Å². The second kappa shape index (κ2) is 9.32. The van der Waals surface area contributed by atoms with Crippen LogP contribution in [0.15, 0.2) is 78.9 Å². The third-order valence-electron chi connectivity index (χ3n) is 3.94. The Bertz CT molecular complexity index is 1030. The predicted octanol–water partition coefficient (Wildman–Crippen LogP) is 4.48. The molecular weight excluding hydrogens is 370 g/mol. The first kappa shape index (κ1) is 19.8. The van der Waals surface area contributed by atoms with Crippen molar-refractivity contribution in [3.63, 3.8) is 0 Å². The van der Waals surface area contributed by atoms with E-state index in [0.717, 1.165) is 0 Å². The molecule has 0 aliphatic heterocycles. The fourth-order valence-electron chi connectivity index (χ4n) is 2.54.